The minimum atomic E-state index is 0.107. The van der Waals surface area contributed by atoms with Gasteiger partial charge in [0.05, 0.1) is 12.1 Å². The van der Waals surface area contributed by atoms with E-state index in [-0.39, 0.29) is 11.2 Å². The summed E-state index contributed by atoms with van der Waals surface area (Å²) >= 11 is 1.58. The van der Waals surface area contributed by atoms with Crippen LogP contribution in [0.4, 0.5) is 0 Å². The minimum Gasteiger partial charge on any atom is -0.297 e. The molecule has 108 valence electrons. The second kappa shape index (κ2) is 5.11. The molecule has 3 nitrogen and oxygen atoms in total. The zero-order valence-corrected chi connectivity index (χ0v) is 13.3. The van der Waals surface area contributed by atoms with Crippen LogP contribution < -0.4 is 0 Å². The van der Waals surface area contributed by atoms with E-state index in [2.05, 4.69) is 25.8 Å². The van der Waals surface area contributed by atoms with Crippen molar-refractivity contribution >= 4 is 22.1 Å². The average Bonchev–Trinajstić information content (AvgIpc) is 2.98. The van der Waals surface area contributed by atoms with Crippen molar-refractivity contribution in [1.82, 2.24) is 9.38 Å². The van der Waals surface area contributed by atoms with Gasteiger partial charge in [-0.3, -0.25) is 9.20 Å². The lowest BCUT2D eigenvalue weighted by atomic mass is 9.86. The summed E-state index contributed by atoms with van der Waals surface area (Å²) in [7, 11) is 0. The topological polar surface area (TPSA) is 34.4 Å². The van der Waals surface area contributed by atoms with Crippen molar-refractivity contribution in [3.05, 3.63) is 58.9 Å². The van der Waals surface area contributed by atoms with Crippen LogP contribution in [0.5, 0.6) is 0 Å². The Labute approximate surface area is 128 Å². The van der Waals surface area contributed by atoms with Gasteiger partial charge in [0, 0.05) is 23.3 Å². The highest BCUT2D eigenvalue weighted by molar-refractivity contribution is 7.15. The Balaban J connectivity index is 1.77. The first-order valence-corrected chi connectivity index (χ1v) is 7.86. The summed E-state index contributed by atoms with van der Waals surface area (Å²) in [5.74, 6) is 0.112. The van der Waals surface area contributed by atoms with E-state index < -0.39 is 0 Å². The first-order valence-electron chi connectivity index (χ1n) is 6.98. The van der Waals surface area contributed by atoms with Crippen LogP contribution >= 0.6 is 11.3 Å². The van der Waals surface area contributed by atoms with Crippen molar-refractivity contribution in [1.29, 1.82) is 0 Å². The number of aromatic nitrogens is 2. The lowest BCUT2D eigenvalue weighted by Gasteiger charge is -2.18. The lowest BCUT2D eigenvalue weighted by molar-refractivity contribution is 0.0992. The number of Topliss-reactive ketones (excluding diaryl/α,β-unsaturated/α-hetero) is 1. The molecule has 2 aromatic heterocycles. The molecule has 0 aliphatic heterocycles. The quantitative estimate of drug-likeness (QED) is 0.682. The van der Waals surface area contributed by atoms with Gasteiger partial charge < -0.3 is 0 Å². The Morgan fingerprint density at radius 1 is 1.24 bits per heavy atom. The molecule has 1 aromatic carbocycles. The monoisotopic (exact) mass is 298 g/mol. The molecule has 0 aliphatic rings. The van der Waals surface area contributed by atoms with Gasteiger partial charge in [0.1, 0.15) is 0 Å². The van der Waals surface area contributed by atoms with E-state index in [9.17, 15) is 4.79 Å². The van der Waals surface area contributed by atoms with Crippen LogP contribution in [-0.2, 0) is 11.8 Å². The molecule has 4 heteroatoms. The van der Waals surface area contributed by atoms with Crippen molar-refractivity contribution in [2.45, 2.75) is 32.6 Å². The lowest BCUT2D eigenvalue weighted by Crippen LogP contribution is -2.11. The molecular formula is C17H18N2OS. The Hall–Kier alpha value is -1.94. The molecular weight excluding hydrogens is 280 g/mol. The maximum absolute atomic E-state index is 12.3. The number of rotatable bonds is 3. The van der Waals surface area contributed by atoms with Gasteiger partial charge in [-0.05, 0) is 11.0 Å². The maximum Gasteiger partial charge on any atom is 0.193 e. The first kappa shape index (κ1) is 14.0. The molecule has 0 amide bonds. The van der Waals surface area contributed by atoms with Crippen LogP contribution in [0.3, 0.4) is 0 Å². The summed E-state index contributed by atoms with van der Waals surface area (Å²) in [5.41, 5.74) is 2.92. The van der Waals surface area contributed by atoms with Gasteiger partial charge in [-0.15, -0.1) is 11.3 Å². The van der Waals surface area contributed by atoms with E-state index in [1.165, 1.54) is 5.56 Å². The molecule has 0 radical (unpaired) electrons. The van der Waals surface area contributed by atoms with E-state index in [0.29, 0.717) is 6.42 Å². The SMILES string of the molecule is CC(C)(C)c1ccc(C(=O)Cc2cn3ccsc3n2)cc1. The number of carbonyl (C=O) groups is 1. The zero-order valence-electron chi connectivity index (χ0n) is 12.5. The van der Waals surface area contributed by atoms with Crippen molar-refractivity contribution in [2.24, 2.45) is 0 Å². The van der Waals surface area contributed by atoms with Crippen LogP contribution in [-0.4, -0.2) is 15.2 Å². The molecule has 0 N–H and O–H groups in total. The van der Waals surface area contributed by atoms with Crippen molar-refractivity contribution in [2.75, 3.05) is 0 Å². The Kier molecular flexibility index (Phi) is 3.41. The molecule has 0 fully saturated rings. The molecule has 0 spiro atoms. The number of benzene rings is 1. The van der Waals surface area contributed by atoms with Crippen LogP contribution in [0, 0.1) is 0 Å². The molecule has 0 bridgehead atoms. The van der Waals surface area contributed by atoms with Crippen LogP contribution in [0.25, 0.3) is 4.96 Å². The molecule has 3 aromatic rings. The molecule has 0 saturated heterocycles. The van der Waals surface area contributed by atoms with E-state index in [1.807, 2.05) is 46.4 Å². The van der Waals surface area contributed by atoms with Crippen LogP contribution in [0.15, 0.2) is 42.0 Å². The minimum absolute atomic E-state index is 0.107. The molecule has 0 atom stereocenters. The van der Waals surface area contributed by atoms with Crippen molar-refractivity contribution in [3.8, 4) is 0 Å². The molecule has 3 rings (SSSR count). The third-order valence-corrected chi connectivity index (χ3v) is 4.33. The summed E-state index contributed by atoms with van der Waals surface area (Å²) in [4.78, 5) is 17.7. The Bertz CT molecular complexity index is 747. The predicted molar refractivity (Wildman–Crippen MR) is 86.2 cm³/mol. The van der Waals surface area contributed by atoms with Gasteiger partial charge in [0.25, 0.3) is 0 Å². The Morgan fingerprint density at radius 3 is 2.57 bits per heavy atom. The second-order valence-corrected chi connectivity index (χ2v) is 7.13. The largest absolute Gasteiger partial charge is 0.297 e. The molecule has 2 heterocycles. The predicted octanol–water partition coefficient (Wildman–Crippen LogP) is 4.12. The molecule has 0 unspecified atom stereocenters. The fraction of sp³-hybridized carbons (Fsp3) is 0.294. The Morgan fingerprint density at radius 2 is 1.95 bits per heavy atom. The van der Waals surface area contributed by atoms with Gasteiger partial charge in [-0.2, -0.15) is 0 Å². The van der Waals surface area contributed by atoms with E-state index >= 15 is 0 Å². The van der Waals surface area contributed by atoms with Gasteiger partial charge in [0.2, 0.25) is 0 Å². The molecule has 0 saturated carbocycles. The van der Waals surface area contributed by atoms with Crippen LogP contribution in [0.1, 0.15) is 42.4 Å². The van der Waals surface area contributed by atoms with Gasteiger partial charge in [-0.25, -0.2) is 4.98 Å². The van der Waals surface area contributed by atoms with Gasteiger partial charge >= 0.3 is 0 Å². The highest BCUT2D eigenvalue weighted by Gasteiger charge is 2.15. The van der Waals surface area contributed by atoms with Crippen molar-refractivity contribution < 1.29 is 4.79 Å². The molecule has 0 aliphatic carbocycles. The fourth-order valence-electron chi connectivity index (χ4n) is 2.28. The number of hydrogen-bond acceptors (Lipinski definition) is 3. The number of carbonyl (C=O) groups excluding carboxylic acids is 1. The summed E-state index contributed by atoms with van der Waals surface area (Å²) in [5, 5.41) is 1.99. The maximum atomic E-state index is 12.3. The number of fused-ring (bicyclic) bond motifs is 1. The third kappa shape index (κ3) is 2.90. The third-order valence-electron chi connectivity index (χ3n) is 3.56. The normalized spacial score (nSPS) is 12.0. The second-order valence-electron chi connectivity index (χ2n) is 6.25. The average molecular weight is 298 g/mol. The van der Waals surface area contributed by atoms with Gasteiger partial charge in [0.15, 0.2) is 10.7 Å². The zero-order chi connectivity index (χ0) is 15.0. The van der Waals surface area contributed by atoms with E-state index in [0.717, 1.165) is 16.2 Å². The summed E-state index contributed by atoms with van der Waals surface area (Å²) in [6.07, 6.45) is 4.23. The summed E-state index contributed by atoms with van der Waals surface area (Å²) in [6.45, 7) is 6.50. The highest BCUT2D eigenvalue weighted by Crippen LogP contribution is 2.22. The summed E-state index contributed by atoms with van der Waals surface area (Å²) < 4.78 is 1.95. The van der Waals surface area contributed by atoms with Crippen molar-refractivity contribution in [3.63, 3.8) is 0 Å². The van der Waals surface area contributed by atoms with Gasteiger partial charge in [-0.1, -0.05) is 45.0 Å². The fourth-order valence-corrected chi connectivity index (χ4v) is 3.00. The number of hydrogen-bond donors (Lipinski definition) is 0. The summed E-state index contributed by atoms with van der Waals surface area (Å²) in [6, 6.07) is 7.92. The van der Waals surface area contributed by atoms with Crippen LogP contribution in [0.2, 0.25) is 0 Å². The number of thiazole rings is 1. The molecule has 21 heavy (non-hydrogen) atoms. The van der Waals surface area contributed by atoms with E-state index in [4.69, 9.17) is 0 Å². The number of ketones is 1. The number of imidazole rings is 1. The smallest absolute Gasteiger partial charge is 0.193 e. The standard InChI is InChI=1S/C17H18N2OS/c1-17(2,3)13-6-4-12(5-7-13)15(20)10-14-11-19-8-9-21-16(19)18-14/h4-9,11H,10H2,1-3H3. The highest BCUT2D eigenvalue weighted by atomic mass is 32.1. The van der Waals surface area contributed by atoms with E-state index in [1.54, 1.807) is 11.3 Å². The first-order chi connectivity index (χ1) is 9.93. The number of nitrogens with zero attached hydrogens (tertiary/aromatic N) is 2.